The topological polar surface area (TPSA) is 132 Å². The third-order valence-corrected chi connectivity index (χ3v) is 10.6. The molecular formula is C39H48FN5O6. The molecule has 11 nitrogen and oxygen atoms in total. The number of ether oxygens (including phenoxy) is 2. The molecule has 0 radical (unpaired) electrons. The second kappa shape index (κ2) is 13.1. The molecule has 4 atom stereocenters. The van der Waals surface area contributed by atoms with Crippen LogP contribution >= 0.6 is 0 Å². The number of nitrogens with one attached hydrogen (secondary N) is 1. The van der Waals surface area contributed by atoms with Gasteiger partial charge in [0, 0.05) is 38.3 Å². The summed E-state index contributed by atoms with van der Waals surface area (Å²) < 4.78 is 26.8. The minimum atomic E-state index is -1.01. The van der Waals surface area contributed by atoms with Crippen molar-refractivity contribution in [1.82, 2.24) is 15.1 Å². The van der Waals surface area contributed by atoms with Gasteiger partial charge in [-0.15, -0.1) is 0 Å². The summed E-state index contributed by atoms with van der Waals surface area (Å²) in [5, 5.41) is 12.7. The van der Waals surface area contributed by atoms with Crippen LogP contribution in [0.1, 0.15) is 84.8 Å². The number of halogens is 1. The first-order valence-corrected chi connectivity index (χ1v) is 17.8. The van der Waals surface area contributed by atoms with Gasteiger partial charge in [0.2, 0.25) is 11.8 Å². The average Bonchev–Trinajstić information content (AvgIpc) is 3.73. The zero-order chi connectivity index (χ0) is 37.0. The molecule has 3 aliphatic heterocycles. The second-order valence-electron chi connectivity index (χ2n) is 16.4. The number of benzene rings is 2. The summed E-state index contributed by atoms with van der Waals surface area (Å²) in [4.78, 5) is 57.8. The molecule has 0 aromatic heterocycles. The number of nitrogens with zero attached hydrogens (tertiary/aromatic N) is 4. The zero-order valence-corrected chi connectivity index (χ0v) is 30.5. The van der Waals surface area contributed by atoms with Gasteiger partial charge in [0.05, 0.1) is 11.5 Å². The minimum Gasteiger partial charge on any atom is -0.444 e. The van der Waals surface area contributed by atoms with Crippen LogP contribution < -0.4 is 10.2 Å². The van der Waals surface area contributed by atoms with E-state index >= 15 is 4.39 Å². The van der Waals surface area contributed by atoms with E-state index in [9.17, 15) is 24.4 Å². The van der Waals surface area contributed by atoms with Gasteiger partial charge in [0.1, 0.15) is 29.1 Å². The third kappa shape index (κ3) is 7.00. The monoisotopic (exact) mass is 701 g/mol. The van der Waals surface area contributed by atoms with Crippen LogP contribution in [0.5, 0.6) is 0 Å². The summed E-state index contributed by atoms with van der Waals surface area (Å²) in [6.45, 7) is 11.5. The van der Waals surface area contributed by atoms with Crippen molar-refractivity contribution in [3.05, 3.63) is 53.3 Å². The lowest BCUT2D eigenvalue weighted by atomic mass is 9.73. The van der Waals surface area contributed by atoms with Gasteiger partial charge in [-0.25, -0.2) is 14.0 Å². The molecule has 2 bridgehead atoms. The third-order valence-electron chi connectivity index (χ3n) is 10.6. The van der Waals surface area contributed by atoms with Gasteiger partial charge in [-0.05, 0) is 120 Å². The number of piperidine rings is 2. The number of rotatable bonds is 5. The molecule has 2 aromatic rings. The number of likely N-dealkylation sites (N-methyl/N-ethyl adjacent to an activating group) is 1. The van der Waals surface area contributed by atoms with E-state index in [4.69, 9.17) is 9.47 Å². The molecule has 0 unspecified atom stereocenters. The van der Waals surface area contributed by atoms with Crippen molar-refractivity contribution >= 4 is 29.7 Å². The molecule has 51 heavy (non-hydrogen) atoms. The normalized spacial score (nSPS) is 22.8. The quantitative estimate of drug-likeness (QED) is 0.400. The maximum atomic E-state index is 15.7. The van der Waals surface area contributed by atoms with E-state index in [-0.39, 0.29) is 29.9 Å². The predicted octanol–water partition coefficient (Wildman–Crippen LogP) is 6.08. The highest BCUT2D eigenvalue weighted by molar-refractivity contribution is 6.08. The largest absolute Gasteiger partial charge is 0.444 e. The maximum absolute atomic E-state index is 15.7. The fraction of sp³-hybridized carbons (Fsp3) is 0.564. The van der Waals surface area contributed by atoms with Crippen LogP contribution in [0.25, 0.3) is 11.1 Å². The molecule has 6 rings (SSSR count). The Balaban J connectivity index is 1.16. The summed E-state index contributed by atoms with van der Waals surface area (Å²) in [7, 11) is 1.75. The van der Waals surface area contributed by atoms with Crippen LogP contribution in [0.3, 0.4) is 0 Å². The van der Waals surface area contributed by atoms with Crippen molar-refractivity contribution in [3.8, 4) is 17.2 Å². The Labute approximate surface area is 299 Å². The zero-order valence-electron chi connectivity index (χ0n) is 30.5. The molecule has 1 aliphatic carbocycles. The van der Waals surface area contributed by atoms with E-state index in [2.05, 4.69) is 11.4 Å². The van der Waals surface area contributed by atoms with E-state index in [1.807, 2.05) is 39.0 Å². The fourth-order valence-electron chi connectivity index (χ4n) is 8.22. The number of hydrogen-bond donors (Lipinski definition) is 1. The van der Waals surface area contributed by atoms with Crippen molar-refractivity contribution in [2.24, 2.45) is 5.92 Å². The van der Waals surface area contributed by atoms with Gasteiger partial charge < -0.3 is 24.6 Å². The van der Waals surface area contributed by atoms with E-state index in [0.29, 0.717) is 37.9 Å². The predicted molar refractivity (Wildman–Crippen MR) is 188 cm³/mol. The highest BCUT2D eigenvalue weighted by atomic mass is 19.1. The summed E-state index contributed by atoms with van der Waals surface area (Å²) in [5.74, 6) is -0.993. The average molecular weight is 702 g/mol. The summed E-state index contributed by atoms with van der Waals surface area (Å²) in [5.41, 5.74) is 1.13. The van der Waals surface area contributed by atoms with Gasteiger partial charge in [-0.1, -0.05) is 18.2 Å². The number of carbonyl (C=O) groups is 4. The molecular weight excluding hydrogens is 653 g/mol. The van der Waals surface area contributed by atoms with E-state index in [0.717, 1.165) is 29.7 Å². The lowest BCUT2D eigenvalue weighted by Gasteiger charge is -2.38. The van der Waals surface area contributed by atoms with Crippen LogP contribution in [0, 0.1) is 23.1 Å². The Morgan fingerprint density at radius 1 is 0.980 bits per heavy atom. The smallest absolute Gasteiger partial charge is 0.411 e. The Morgan fingerprint density at radius 2 is 1.61 bits per heavy atom. The van der Waals surface area contributed by atoms with Crippen molar-refractivity contribution in [3.63, 3.8) is 0 Å². The molecule has 1 N–H and O–H groups in total. The highest BCUT2D eigenvalue weighted by Gasteiger charge is 2.53. The molecule has 3 heterocycles. The highest BCUT2D eigenvalue weighted by Crippen LogP contribution is 2.49. The van der Waals surface area contributed by atoms with Gasteiger partial charge in [-0.3, -0.25) is 14.5 Å². The first-order chi connectivity index (χ1) is 23.9. The number of nitriles is 1. The number of likely N-dealkylation sites (tertiary alicyclic amines) is 2. The Bertz CT molecular complexity index is 1780. The van der Waals surface area contributed by atoms with Crippen LogP contribution in [0.4, 0.5) is 19.7 Å². The van der Waals surface area contributed by atoms with Gasteiger partial charge in [0.15, 0.2) is 0 Å². The number of hydrogen-bond acceptors (Lipinski definition) is 7. The van der Waals surface area contributed by atoms with Crippen molar-refractivity contribution in [2.75, 3.05) is 25.0 Å². The Morgan fingerprint density at radius 3 is 2.24 bits per heavy atom. The van der Waals surface area contributed by atoms with Crippen molar-refractivity contribution in [2.45, 2.75) is 115 Å². The van der Waals surface area contributed by atoms with Crippen LogP contribution in [0.15, 0.2) is 36.4 Å². The van der Waals surface area contributed by atoms with Crippen molar-refractivity contribution in [1.29, 1.82) is 5.26 Å². The Kier molecular flexibility index (Phi) is 9.32. The molecule has 3 fully saturated rings. The molecule has 2 saturated heterocycles. The van der Waals surface area contributed by atoms with E-state index < -0.39 is 52.6 Å². The fourth-order valence-corrected chi connectivity index (χ4v) is 8.22. The summed E-state index contributed by atoms with van der Waals surface area (Å²) in [6, 6.07) is 10.7. The molecule has 2 aromatic carbocycles. The summed E-state index contributed by atoms with van der Waals surface area (Å²) in [6.07, 6.45) is 2.23. The molecule has 272 valence electrons. The second-order valence-corrected chi connectivity index (χ2v) is 16.4. The van der Waals surface area contributed by atoms with E-state index in [1.54, 1.807) is 49.8 Å². The lowest BCUT2D eigenvalue weighted by molar-refractivity contribution is -0.128. The number of fused-ring (bicyclic) bond motifs is 4. The van der Waals surface area contributed by atoms with Crippen LogP contribution in [-0.2, 0) is 30.9 Å². The van der Waals surface area contributed by atoms with Gasteiger partial charge >= 0.3 is 12.2 Å². The van der Waals surface area contributed by atoms with Gasteiger partial charge in [-0.2, -0.15) is 5.26 Å². The Hall–Kier alpha value is -4.66. The molecule has 4 amide bonds. The molecule has 1 saturated carbocycles. The maximum Gasteiger partial charge on any atom is 0.411 e. The molecule has 1 spiro atoms. The first kappa shape index (κ1) is 36.1. The van der Waals surface area contributed by atoms with Gasteiger partial charge in [0.25, 0.3) is 0 Å². The van der Waals surface area contributed by atoms with Crippen LogP contribution in [0.2, 0.25) is 0 Å². The summed E-state index contributed by atoms with van der Waals surface area (Å²) >= 11 is 0. The molecule has 4 aliphatic rings. The van der Waals surface area contributed by atoms with Crippen molar-refractivity contribution < 1.29 is 33.0 Å². The number of amides is 4. The SMILES string of the molecule is CN1C(=O)C2(CCN(C(=O)OC(C)(C)C)CC2)c2cc(-c3ccc(C[C@@H](C#N)NC(=O)[C@@H]4[C@H]5CC[C@H](C5)N4C(=O)OC(C)(C)C)c(F)c3)ccc21. The van der Waals surface area contributed by atoms with Crippen LogP contribution in [-0.4, -0.2) is 83.3 Å². The first-order valence-electron chi connectivity index (χ1n) is 17.8. The number of anilines is 1. The minimum absolute atomic E-state index is 0.0167. The number of carbonyl (C=O) groups excluding carboxylic acids is 4. The van der Waals surface area contributed by atoms with E-state index in [1.165, 1.54) is 11.0 Å². The lowest BCUT2D eigenvalue weighted by Crippen LogP contribution is -2.55. The standard InChI is InChI=1S/C39H48FN5O6/c1-37(2,3)50-35(48)44-16-14-39(15-17-44)29-20-23(11-13-31(29)43(7)34(39)47)24-8-9-25(30(40)21-24)18-27(22-41)42-33(46)32-26-10-12-28(19-26)45(32)36(49)51-38(4,5)6/h8-9,11,13,20-21,26-28,32H,10,12,14-19H2,1-7H3,(H,42,46)/t26-,27-,28+,32-/m0/s1. The molecule has 12 heteroatoms.